The third-order valence-electron chi connectivity index (χ3n) is 4.20. The molecule has 1 aliphatic rings. The minimum atomic E-state index is -0.490. The minimum absolute atomic E-state index is 0.408. The van der Waals surface area contributed by atoms with Crippen LogP contribution in [0.15, 0.2) is 24.5 Å². The molecular weight excluding hydrogens is 286 g/mol. The van der Waals surface area contributed by atoms with E-state index in [0.29, 0.717) is 19.1 Å². The Hall–Kier alpha value is -1.88. The lowest BCUT2D eigenvalue weighted by Crippen LogP contribution is -3.13. The van der Waals surface area contributed by atoms with Crippen molar-refractivity contribution in [3.8, 4) is 17.9 Å². The van der Waals surface area contributed by atoms with Crippen molar-refractivity contribution in [2.75, 3.05) is 19.7 Å². The molecule has 1 N–H and O–H groups in total. The Bertz CT molecular complexity index is 580. The van der Waals surface area contributed by atoms with Gasteiger partial charge in [-0.15, -0.1) is 0 Å². The van der Waals surface area contributed by atoms with Crippen LogP contribution in [0.3, 0.4) is 0 Å². The number of quaternary nitrogens is 1. The fraction of sp³-hybridized carbons (Fsp3) is 0.579. The van der Waals surface area contributed by atoms with E-state index in [1.165, 1.54) is 29.7 Å². The highest BCUT2D eigenvalue weighted by molar-refractivity contribution is 5.13. The number of piperidine rings is 1. The van der Waals surface area contributed by atoms with Gasteiger partial charge in [-0.1, -0.05) is 12.0 Å². The molecule has 122 valence electrons. The highest BCUT2D eigenvalue weighted by Gasteiger charge is 2.27. The molecule has 1 aromatic heterocycles. The van der Waals surface area contributed by atoms with E-state index in [4.69, 9.17) is 10.00 Å². The minimum Gasteiger partial charge on any atom is -0.362 e. The monoisotopic (exact) mass is 312 g/mol. The smallest absolute Gasteiger partial charge is 0.139 e. The van der Waals surface area contributed by atoms with Crippen molar-refractivity contribution in [2.24, 2.45) is 0 Å². The summed E-state index contributed by atoms with van der Waals surface area (Å²) in [4.78, 5) is 5.78. The Balaban J connectivity index is 1.95. The summed E-state index contributed by atoms with van der Waals surface area (Å²) in [7, 11) is 0. The average molecular weight is 312 g/mol. The number of nitriles is 1. The van der Waals surface area contributed by atoms with Gasteiger partial charge in [0.05, 0.1) is 25.6 Å². The molecule has 1 aromatic rings. The summed E-state index contributed by atoms with van der Waals surface area (Å²) < 4.78 is 5.66. The lowest BCUT2D eigenvalue weighted by atomic mass is 9.96. The summed E-state index contributed by atoms with van der Waals surface area (Å²) in [5, 5.41) is 8.57. The predicted molar refractivity (Wildman–Crippen MR) is 89.6 cm³/mol. The van der Waals surface area contributed by atoms with Gasteiger partial charge in [-0.05, 0) is 38.7 Å². The second-order valence-electron chi connectivity index (χ2n) is 6.49. The maximum atomic E-state index is 8.57. The van der Waals surface area contributed by atoms with Gasteiger partial charge in [-0.2, -0.15) is 5.26 Å². The molecule has 0 spiro atoms. The first kappa shape index (κ1) is 17.5. The van der Waals surface area contributed by atoms with E-state index in [1.807, 2.05) is 32.3 Å². The van der Waals surface area contributed by atoms with Gasteiger partial charge in [0.15, 0.2) is 0 Å². The Morgan fingerprint density at radius 1 is 1.43 bits per heavy atom. The predicted octanol–water partition coefficient (Wildman–Crippen LogP) is 1.90. The fourth-order valence-electron chi connectivity index (χ4n) is 3.03. The Morgan fingerprint density at radius 3 is 3.04 bits per heavy atom. The van der Waals surface area contributed by atoms with Gasteiger partial charge in [0.1, 0.15) is 18.2 Å². The van der Waals surface area contributed by atoms with E-state index in [9.17, 15) is 0 Å². The average Bonchev–Trinajstić information content (AvgIpc) is 2.56. The standard InChI is InChI=1S/C19H25N3O/c1-19(2,23-15-7-11-20)10-6-14-22-13-4-3-9-18(22)17-8-5-12-21-16-17/h5,8,12,16,18H,3-4,7,9,13-15H2,1-2H3/p+1/t18-/m0/s1. The van der Waals surface area contributed by atoms with Crippen LogP contribution in [0.1, 0.15) is 51.1 Å². The zero-order valence-corrected chi connectivity index (χ0v) is 14.1. The van der Waals surface area contributed by atoms with Gasteiger partial charge in [-0.3, -0.25) is 4.98 Å². The van der Waals surface area contributed by atoms with Crippen LogP contribution in [-0.2, 0) is 4.74 Å². The molecule has 1 fully saturated rings. The van der Waals surface area contributed by atoms with Crippen molar-refractivity contribution in [2.45, 2.75) is 51.2 Å². The fourth-order valence-corrected chi connectivity index (χ4v) is 3.03. The highest BCUT2D eigenvalue weighted by atomic mass is 16.5. The molecule has 2 atom stereocenters. The Kier molecular flexibility index (Phi) is 6.59. The summed E-state index contributed by atoms with van der Waals surface area (Å²) in [6, 6.07) is 6.77. The highest BCUT2D eigenvalue weighted by Crippen LogP contribution is 2.18. The summed E-state index contributed by atoms with van der Waals surface area (Å²) in [6.07, 6.45) is 7.96. The number of nitrogens with one attached hydrogen (secondary N) is 1. The molecule has 4 nitrogen and oxygen atoms in total. The number of ether oxygens (including phenoxy) is 1. The van der Waals surface area contributed by atoms with Gasteiger partial charge >= 0.3 is 0 Å². The molecule has 23 heavy (non-hydrogen) atoms. The number of nitrogens with zero attached hydrogens (tertiary/aromatic N) is 2. The molecule has 1 unspecified atom stereocenters. The zero-order valence-electron chi connectivity index (χ0n) is 14.1. The number of likely N-dealkylation sites (tertiary alicyclic amines) is 1. The van der Waals surface area contributed by atoms with Crippen LogP contribution >= 0.6 is 0 Å². The number of hydrogen-bond donors (Lipinski definition) is 1. The first-order valence-corrected chi connectivity index (χ1v) is 8.38. The van der Waals surface area contributed by atoms with Gasteiger partial charge in [-0.25, -0.2) is 0 Å². The van der Waals surface area contributed by atoms with Crippen LogP contribution in [0, 0.1) is 23.2 Å². The maximum Gasteiger partial charge on any atom is 0.139 e. The van der Waals surface area contributed by atoms with E-state index in [0.717, 1.165) is 13.1 Å². The van der Waals surface area contributed by atoms with E-state index >= 15 is 0 Å². The molecule has 1 aliphatic heterocycles. The molecule has 0 amide bonds. The molecule has 2 rings (SSSR count). The number of hydrogen-bond acceptors (Lipinski definition) is 3. The first-order valence-electron chi connectivity index (χ1n) is 8.38. The van der Waals surface area contributed by atoms with Crippen molar-refractivity contribution >= 4 is 0 Å². The van der Waals surface area contributed by atoms with E-state index in [-0.39, 0.29) is 0 Å². The van der Waals surface area contributed by atoms with Crippen molar-refractivity contribution in [1.29, 1.82) is 5.26 Å². The molecule has 1 saturated heterocycles. The third-order valence-corrected chi connectivity index (χ3v) is 4.20. The second kappa shape index (κ2) is 8.67. The van der Waals surface area contributed by atoms with Crippen LogP contribution in [0.2, 0.25) is 0 Å². The lowest BCUT2D eigenvalue weighted by molar-refractivity contribution is -0.930. The lowest BCUT2D eigenvalue weighted by Gasteiger charge is -2.31. The van der Waals surface area contributed by atoms with Crippen LogP contribution in [-0.4, -0.2) is 30.3 Å². The number of rotatable bonds is 5. The molecule has 2 heterocycles. The van der Waals surface area contributed by atoms with Gasteiger partial charge in [0.25, 0.3) is 0 Å². The summed E-state index contributed by atoms with van der Waals surface area (Å²) in [5.74, 6) is 6.53. The summed E-state index contributed by atoms with van der Waals surface area (Å²) in [5.41, 5.74) is 0.823. The summed E-state index contributed by atoms with van der Waals surface area (Å²) >= 11 is 0. The molecule has 0 bridgehead atoms. The molecule has 0 aliphatic carbocycles. The van der Waals surface area contributed by atoms with Crippen LogP contribution in [0.25, 0.3) is 0 Å². The van der Waals surface area contributed by atoms with Gasteiger partial charge < -0.3 is 9.64 Å². The van der Waals surface area contributed by atoms with Crippen molar-refractivity contribution in [3.63, 3.8) is 0 Å². The van der Waals surface area contributed by atoms with Crippen LogP contribution in [0.4, 0.5) is 0 Å². The van der Waals surface area contributed by atoms with Gasteiger partial charge in [0, 0.05) is 24.4 Å². The van der Waals surface area contributed by atoms with Crippen LogP contribution < -0.4 is 4.90 Å². The number of pyridine rings is 1. The van der Waals surface area contributed by atoms with Crippen molar-refractivity contribution in [1.82, 2.24) is 4.98 Å². The van der Waals surface area contributed by atoms with Crippen molar-refractivity contribution in [3.05, 3.63) is 30.1 Å². The maximum absolute atomic E-state index is 8.57. The van der Waals surface area contributed by atoms with Crippen molar-refractivity contribution < 1.29 is 9.64 Å². The topological polar surface area (TPSA) is 50.4 Å². The molecule has 0 aromatic carbocycles. The normalized spacial score (nSPS) is 21.1. The molecule has 4 heteroatoms. The largest absolute Gasteiger partial charge is 0.362 e. The molecule has 0 saturated carbocycles. The van der Waals surface area contributed by atoms with E-state index in [2.05, 4.69) is 29.0 Å². The third kappa shape index (κ3) is 5.67. The van der Waals surface area contributed by atoms with E-state index < -0.39 is 5.60 Å². The Labute approximate surface area is 139 Å². The first-order chi connectivity index (χ1) is 11.1. The summed E-state index contributed by atoms with van der Waals surface area (Å²) in [6.45, 7) is 6.34. The zero-order chi connectivity index (χ0) is 16.5. The van der Waals surface area contributed by atoms with E-state index in [1.54, 1.807) is 0 Å². The SMILES string of the molecule is CC(C)(C#CC[NH+]1CCCC[C@H]1c1cccnc1)OCCC#N. The van der Waals surface area contributed by atoms with Crippen LogP contribution in [0.5, 0.6) is 0 Å². The Morgan fingerprint density at radius 2 is 2.30 bits per heavy atom. The number of aromatic nitrogens is 1. The molecule has 0 radical (unpaired) electrons. The molecular formula is C19H26N3O+. The quantitative estimate of drug-likeness (QED) is 0.667. The van der Waals surface area contributed by atoms with Gasteiger partial charge in [0.2, 0.25) is 0 Å². The second-order valence-corrected chi connectivity index (χ2v) is 6.49.